The van der Waals surface area contributed by atoms with Crippen molar-refractivity contribution in [3.63, 3.8) is 0 Å². The van der Waals surface area contributed by atoms with Gasteiger partial charge in [0.2, 0.25) is 0 Å². The van der Waals surface area contributed by atoms with Crippen molar-refractivity contribution in [3.8, 4) is 0 Å². The molecule has 2 nitrogen and oxygen atoms in total. The molecule has 3 heteroatoms. The minimum Gasteiger partial charge on any atom is -1.00 e. The van der Waals surface area contributed by atoms with Gasteiger partial charge in [-0.25, -0.2) is 4.57 Å². The third-order valence-corrected chi connectivity index (χ3v) is 5.81. The summed E-state index contributed by atoms with van der Waals surface area (Å²) in [6.07, 6.45) is 20.7. The fourth-order valence-electron chi connectivity index (χ4n) is 3.83. The smallest absolute Gasteiger partial charge is 0.170 e. The van der Waals surface area contributed by atoms with Crippen molar-refractivity contribution >= 4 is 5.69 Å². The predicted octanol–water partition coefficient (Wildman–Crippen LogP) is 4.16. The molecule has 0 bridgehead atoms. The van der Waals surface area contributed by atoms with Crippen LogP contribution in [-0.2, 0) is 6.54 Å². The van der Waals surface area contributed by atoms with E-state index in [2.05, 4.69) is 61.7 Å². The van der Waals surface area contributed by atoms with Gasteiger partial charge in [-0.05, 0) is 25.7 Å². The van der Waals surface area contributed by atoms with Gasteiger partial charge in [0.25, 0.3) is 0 Å². The third-order valence-electron chi connectivity index (χ3n) is 5.81. The van der Waals surface area contributed by atoms with Crippen molar-refractivity contribution in [2.24, 2.45) is 5.92 Å². The van der Waals surface area contributed by atoms with Gasteiger partial charge >= 0.3 is 0 Å². The molecule has 0 saturated carbocycles. The van der Waals surface area contributed by atoms with E-state index in [1.807, 2.05) is 0 Å². The lowest BCUT2D eigenvalue weighted by Gasteiger charge is -2.24. The van der Waals surface area contributed by atoms with E-state index in [0.717, 1.165) is 5.92 Å². The molecule has 0 N–H and O–H groups in total. The van der Waals surface area contributed by atoms with Crippen LogP contribution in [0, 0.1) is 5.92 Å². The van der Waals surface area contributed by atoms with E-state index in [1.54, 1.807) is 0 Å². The molecule has 0 fully saturated rings. The van der Waals surface area contributed by atoms with Crippen molar-refractivity contribution in [3.05, 3.63) is 24.5 Å². The molecule has 0 aromatic carbocycles. The Morgan fingerprint density at radius 1 is 0.750 bits per heavy atom. The third kappa shape index (κ3) is 11.9. The van der Waals surface area contributed by atoms with Crippen molar-refractivity contribution in [2.75, 3.05) is 18.0 Å². The van der Waals surface area contributed by atoms with Crippen LogP contribution in [0.4, 0.5) is 5.69 Å². The Balaban J connectivity index is 0.00000729. The van der Waals surface area contributed by atoms with Crippen LogP contribution in [0.2, 0.25) is 0 Å². The van der Waals surface area contributed by atoms with E-state index in [1.165, 1.54) is 102 Å². The summed E-state index contributed by atoms with van der Waals surface area (Å²) in [6.45, 7) is 12.8. The Hall–Kier alpha value is -0.760. The first kappa shape index (κ1) is 27.2. The van der Waals surface area contributed by atoms with Crippen LogP contribution in [0.1, 0.15) is 105 Å². The molecule has 1 rings (SSSR count). The first-order valence-electron chi connectivity index (χ1n) is 12.0. The van der Waals surface area contributed by atoms with Crippen LogP contribution in [0.25, 0.3) is 0 Å². The van der Waals surface area contributed by atoms with Crippen molar-refractivity contribution in [2.45, 2.75) is 111 Å². The highest BCUT2D eigenvalue weighted by atomic mass is 35.5. The Morgan fingerprint density at radius 3 is 1.75 bits per heavy atom. The fraction of sp³-hybridized carbons (Fsp3) is 0.800. The fourth-order valence-corrected chi connectivity index (χ4v) is 3.83. The molecular formula is C25H47ClN2. The van der Waals surface area contributed by atoms with E-state index in [0.29, 0.717) is 0 Å². The molecule has 1 aromatic heterocycles. The molecule has 1 aromatic rings. The molecule has 1 atom stereocenters. The van der Waals surface area contributed by atoms with Gasteiger partial charge in [0.1, 0.15) is 0 Å². The summed E-state index contributed by atoms with van der Waals surface area (Å²) in [4.78, 5) is 2.63. The van der Waals surface area contributed by atoms with Gasteiger partial charge in [0.15, 0.2) is 18.9 Å². The van der Waals surface area contributed by atoms with E-state index in [-0.39, 0.29) is 12.4 Å². The minimum atomic E-state index is 0. The van der Waals surface area contributed by atoms with Gasteiger partial charge in [0, 0.05) is 36.8 Å². The molecule has 0 spiro atoms. The number of halogens is 1. The number of nitrogens with zero attached hydrogens (tertiary/aromatic N) is 2. The van der Waals surface area contributed by atoms with Crippen molar-refractivity contribution in [1.29, 1.82) is 0 Å². The molecule has 164 valence electrons. The summed E-state index contributed by atoms with van der Waals surface area (Å²) in [5.41, 5.74) is 1.42. The number of hydrogen-bond acceptors (Lipinski definition) is 1. The molecule has 0 aliphatic carbocycles. The van der Waals surface area contributed by atoms with Crippen LogP contribution >= 0.6 is 0 Å². The van der Waals surface area contributed by atoms with Crippen molar-refractivity contribution in [1.82, 2.24) is 0 Å². The van der Waals surface area contributed by atoms with Crippen LogP contribution in [-0.4, -0.2) is 13.1 Å². The highest BCUT2D eigenvalue weighted by Gasteiger charge is 2.13. The maximum Gasteiger partial charge on any atom is 0.170 e. The molecule has 0 aliphatic heterocycles. The second-order valence-corrected chi connectivity index (χ2v) is 8.28. The first-order chi connectivity index (χ1) is 13.2. The summed E-state index contributed by atoms with van der Waals surface area (Å²) in [7, 11) is 0. The topological polar surface area (TPSA) is 7.12 Å². The summed E-state index contributed by atoms with van der Waals surface area (Å²) < 4.78 is 2.40. The van der Waals surface area contributed by atoms with Crippen LogP contribution in [0.5, 0.6) is 0 Å². The highest BCUT2D eigenvalue weighted by molar-refractivity contribution is 5.43. The lowest BCUT2D eigenvalue weighted by Crippen LogP contribution is -3.00. The van der Waals surface area contributed by atoms with Gasteiger partial charge in [-0.3, -0.25) is 0 Å². The number of hydrogen-bond donors (Lipinski definition) is 0. The maximum atomic E-state index is 2.63. The van der Waals surface area contributed by atoms with Gasteiger partial charge in [-0.1, -0.05) is 79.1 Å². The van der Waals surface area contributed by atoms with Crippen molar-refractivity contribution < 1.29 is 17.0 Å². The number of unbranched alkanes of at least 4 members (excludes halogenated alkanes) is 7. The van der Waals surface area contributed by atoms with E-state index in [9.17, 15) is 0 Å². The van der Waals surface area contributed by atoms with Gasteiger partial charge in [-0.15, -0.1) is 0 Å². The van der Waals surface area contributed by atoms with Gasteiger partial charge in [0.05, 0.1) is 0 Å². The maximum absolute atomic E-state index is 2.63. The van der Waals surface area contributed by atoms with E-state index in [4.69, 9.17) is 0 Å². The number of anilines is 1. The van der Waals surface area contributed by atoms with E-state index < -0.39 is 0 Å². The largest absolute Gasteiger partial charge is 1.00 e. The number of rotatable bonds is 17. The second kappa shape index (κ2) is 18.3. The summed E-state index contributed by atoms with van der Waals surface area (Å²) in [5.74, 6) is 0.819. The molecule has 0 aliphatic rings. The van der Waals surface area contributed by atoms with E-state index >= 15 is 0 Å². The second-order valence-electron chi connectivity index (χ2n) is 8.28. The van der Waals surface area contributed by atoms with Gasteiger partial charge < -0.3 is 17.3 Å². The minimum absolute atomic E-state index is 0. The molecule has 1 heterocycles. The Morgan fingerprint density at radius 2 is 1.29 bits per heavy atom. The van der Waals surface area contributed by atoms with Crippen LogP contribution in [0.15, 0.2) is 24.5 Å². The Bertz CT molecular complexity index is 434. The zero-order valence-electron chi connectivity index (χ0n) is 19.3. The normalized spacial score (nSPS) is 11.9. The Kier molecular flexibility index (Phi) is 17.8. The average molecular weight is 411 g/mol. The molecule has 0 radical (unpaired) electrons. The summed E-state index contributed by atoms with van der Waals surface area (Å²) in [6, 6.07) is 4.71. The summed E-state index contributed by atoms with van der Waals surface area (Å²) in [5, 5.41) is 0. The average Bonchev–Trinajstić information content (AvgIpc) is 2.70. The number of aromatic nitrogens is 1. The molecule has 1 unspecified atom stereocenters. The molecule has 0 saturated heterocycles. The summed E-state index contributed by atoms with van der Waals surface area (Å²) >= 11 is 0. The standard InChI is InChI=1S/C25H47N2.ClH/c1-5-9-12-14-19-27(20-15-13-10-6-2)25-17-21-26(22-18-25)23-24(8-4)16-11-7-3;/h17-18,21-22,24H,5-16,19-20,23H2,1-4H3;1H/q+1;/p-1. The Labute approximate surface area is 182 Å². The number of pyridine rings is 1. The molecular weight excluding hydrogens is 364 g/mol. The lowest BCUT2D eigenvalue weighted by molar-refractivity contribution is -0.703. The monoisotopic (exact) mass is 410 g/mol. The zero-order valence-corrected chi connectivity index (χ0v) is 20.0. The molecule has 0 amide bonds. The van der Waals surface area contributed by atoms with Gasteiger partial charge in [-0.2, -0.15) is 0 Å². The first-order valence-corrected chi connectivity index (χ1v) is 12.0. The highest BCUT2D eigenvalue weighted by Crippen LogP contribution is 2.17. The van der Waals surface area contributed by atoms with Crippen LogP contribution < -0.4 is 21.9 Å². The van der Waals surface area contributed by atoms with Crippen LogP contribution in [0.3, 0.4) is 0 Å². The molecule has 28 heavy (non-hydrogen) atoms. The lowest BCUT2D eigenvalue weighted by atomic mass is 9.99. The SMILES string of the molecule is CCCCCCN(CCCCCC)c1cc[n+](CC(CC)CCCC)cc1.[Cl-]. The quantitative estimate of drug-likeness (QED) is 0.276. The zero-order chi connectivity index (χ0) is 19.7. The predicted molar refractivity (Wildman–Crippen MR) is 120 cm³/mol.